The Morgan fingerprint density at radius 1 is 1.09 bits per heavy atom. The van der Waals surface area contributed by atoms with E-state index in [2.05, 4.69) is 14.8 Å². The molecular weight excluding hydrogens is 638 g/mol. The average molecular weight is 661 g/mol. The number of hydrogen-bond acceptors (Lipinski definition) is 14. The molecule has 43 heavy (non-hydrogen) atoms. The van der Waals surface area contributed by atoms with Crippen molar-refractivity contribution in [3.8, 4) is 0 Å². The van der Waals surface area contributed by atoms with Crippen LogP contribution in [-0.2, 0) is 45.3 Å². The van der Waals surface area contributed by atoms with Crippen LogP contribution in [0.15, 0.2) is 35.5 Å². The fraction of sp³-hybridized carbons (Fsp3) is 0.333. The number of thioether (sulfide) groups is 1. The van der Waals surface area contributed by atoms with E-state index in [0.717, 1.165) is 16.7 Å². The van der Waals surface area contributed by atoms with Gasteiger partial charge in [0.25, 0.3) is 5.91 Å². The van der Waals surface area contributed by atoms with E-state index in [1.165, 1.54) is 29.0 Å². The van der Waals surface area contributed by atoms with Crippen LogP contribution >= 0.6 is 11.8 Å². The van der Waals surface area contributed by atoms with E-state index in [1.807, 2.05) is 4.72 Å². The van der Waals surface area contributed by atoms with E-state index in [9.17, 15) is 47.4 Å². The third-order valence-electron chi connectivity index (χ3n) is 5.43. The van der Waals surface area contributed by atoms with Gasteiger partial charge in [-0.25, -0.2) is 14.3 Å². The van der Waals surface area contributed by atoms with Crippen LogP contribution in [0.1, 0.15) is 5.56 Å². The number of carboxylic acids is 2. The first kappa shape index (κ1) is 38.5. The molecule has 4 amide bonds. The predicted molar refractivity (Wildman–Crippen MR) is 133 cm³/mol. The molecule has 1 aromatic carbocycles. The van der Waals surface area contributed by atoms with Gasteiger partial charge in [-0.3, -0.25) is 19.2 Å². The zero-order chi connectivity index (χ0) is 30.5. The molecule has 3 rings (SSSR count). The largest absolute Gasteiger partial charge is 1.00 e. The number of nitrogens with one attached hydrogen (secondary N) is 3. The molecule has 7 N–H and O–H groups in total. The minimum atomic E-state index is -4.47. The van der Waals surface area contributed by atoms with Gasteiger partial charge in [-0.2, -0.15) is 8.42 Å². The normalized spacial score (nSPS) is 17.9. The molecular formula is C21H22N6Na2O12S2. The van der Waals surface area contributed by atoms with Crippen molar-refractivity contribution in [3.05, 3.63) is 41.1 Å². The maximum atomic E-state index is 12.6. The third-order valence-corrected chi connectivity index (χ3v) is 7.71. The SMILES string of the molecule is NC(=O)OCC1=C(C(=O)[O-])N2C(=O)[C@@H](NC(=O)Cc3ccc(NS(=O)(=O)NC(=O)OC[C@@H](N)C(=O)[O-])cc3)[C@@H]2SC1.[Na+].[Na+]. The van der Waals surface area contributed by atoms with E-state index in [0.29, 0.717) is 5.56 Å². The second-order valence-corrected chi connectivity index (χ2v) is 10.9. The monoisotopic (exact) mass is 660 g/mol. The van der Waals surface area contributed by atoms with Gasteiger partial charge in [0.1, 0.15) is 24.6 Å². The van der Waals surface area contributed by atoms with Crippen molar-refractivity contribution in [2.45, 2.75) is 23.9 Å². The summed E-state index contributed by atoms with van der Waals surface area (Å²) in [6.45, 7) is -1.27. The minimum Gasteiger partial charge on any atom is -0.548 e. The van der Waals surface area contributed by atoms with E-state index in [-0.39, 0.29) is 82.5 Å². The van der Waals surface area contributed by atoms with Crippen LogP contribution in [0.2, 0.25) is 0 Å². The molecule has 0 aliphatic carbocycles. The average Bonchev–Trinajstić information content (AvgIpc) is 2.88. The number of rotatable bonds is 12. The first-order valence-electron chi connectivity index (χ1n) is 11.3. The fourth-order valence-electron chi connectivity index (χ4n) is 3.59. The molecule has 1 aromatic rings. The van der Waals surface area contributed by atoms with Gasteiger partial charge in [-0.1, -0.05) is 12.1 Å². The van der Waals surface area contributed by atoms with Gasteiger partial charge in [0.05, 0.1) is 35.8 Å². The van der Waals surface area contributed by atoms with Crippen LogP contribution < -0.4 is 95.6 Å². The summed E-state index contributed by atoms with van der Waals surface area (Å²) in [6, 6.07) is 2.65. The minimum absolute atomic E-state index is 0. The van der Waals surface area contributed by atoms with Crippen LogP contribution in [0.25, 0.3) is 0 Å². The van der Waals surface area contributed by atoms with Gasteiger partial charge in [0.2, 0.25) is 5.91 Å². The van der Waals surface area contributed by atoms with E-state index < -0.39 is 82.5 Å². The number of hydrogen-bond donors (Lipinski definition) is 5. The first-order valence-corrected chi connectivity index (χ1v) is 13.8. The molecule has 0 bridgehead atoms. The number of nitrogens with two attached hydrogens (primary N) is 2. The van der Waals surface area contributed by atoms with Crippen molar-refractivity contribution >= 4 is 63.6 Å². The zero-order valence-electron chi connectivity index (χ0n) is 22.7. The molecule has 18 nitrogen and oxygen atoms in total. The van der Waals surface area contributed by atoms with Crippen LogP contribution in [0, 0.1) is 0 Å². The molecule has 2 aliphatic rings. The Balaban J connectivity index is 0.00000462. The number of primary amides is 1. The topological polar surface area (TPSA) is 293 Å². The number of nitrogens with zero attached hydrogens (tertiary/aromatic N) is 1. The van der Waals surface area contributed by atoms with Gasteiger partial charge in [-0.15, -0.1) is 11.8 Å². The molecule has 222 valence electrons. The molecule has 2 heterocycles. The summed E-state index contributed by atoms with van der Waals surface area (Å²) in [7, 11) is -4.47. The molecule has 0 unspecified atom stereocenters. The molecule has 0 aromatic heterocycles. The maximum Gasteiger partial charge on any atom is 1.00 e. The van der Waals surface area contributed by atoms with Gasteiger partial charge < -0.3 is 46.1 Å². The van der Waals surface area contributed by atoms with Crippen molar-refractivity contribution in [1.29, 1.82) is 0 Å². The molecule has 0 radical (unpaired) electrons. The fourth-order valence-corrected chi connectivity index (χ4v) is 5.70. The number of carbonyl (C=O) groups excluding carboxylic acids is 6. The molecule has 3 atom stereocenters. The van der Waals surface area contributed by atoms with Crippen molar-refractivity contribution < 1.29 is 116 Å². The number of aliphatic carboxylic acids is 2. The standard InChI is InChI=1S/C21H24N6O12S2.2Na/c22-12(18(30)31)7-39-21(35)26-41(36,37)25-11-3-1-9(2-4-11)5-13(28)24-14-16(29)27-15(19(32)33)10(6-38-20(23)34)8-40-17(14)27;;/h1-4,12,14,17,25H,5-8,22H2,(H2,23,34)(H,24,28)(H,26,35)(H,30,31)(H,32,33);;/q;2*+1/p-2/t12-,14-,17+;;/m1../s1. The van der Waals surface area contributed by atoms with Crippen molar-refractivity contribution in [2.75, 3.05) is 23.7 Å². The second-order valence-electron chi connectivity index (χ2n) is 8.41. The Morgan fingerprint density at radius 2 is 1.72 bits per heavy atom. The number of amides is 4. The number of anilines is 1. The smallest absolute Gasteiger partial charge is 0.548 e. The summed E-state index contributed by atoms with van der Waals surface area (Å²) in [4.78, 5) is 70.7. The molecule has 0 spiro atoms. The van der Waals surface area contributed by atoms with Crippen molar-refractivity contribution in [2.24, 2.45) is 11.5 Å². The number of carbonyl (C=O) groups is 6. The van der Waals surface area contributed by atoms with Crippen LogP contribution in [0.4, 0.5) is 15.3 Å². The summed E-state index contributed by atoms with van der Waals surface area (Å²) in [5, 5.41) is 23.9. The maximum absolute atomic E-state index is 12.6. The molecule has 0 saturated carbocycles. The number of ether oxygens (including phenoxy) is 2. The van der Waals surface area contributed by atoms with Crippen molar-refractivity contribution in [1.82, 2.24) is 14.9 Å². The van der Waals surface area contributed by atoms with Crippen LogP contribution in [-0.4, -0.2) is 85.7 Å². The quantitative estimate of drug-likeness (QED) is 0.103. The number of β-lactam (4-membered cyclic amide) rings is 1. The van der Waals surface area contributed by atoms with Crippen LogP contribution in [0.3, 0.4) is 0 Å². The summed E-state index contributed by atoms with van der Waals surface area (Å²) < 4.78 is 36.6. The van der Waals surface area contributed by atoms with Gasteiger partial charge in [-0.05, 0) is 17.7 Å². The van der Waals surface area contributed by atoms with E-state index >= 15 is 0 Å². The van der Waals surface area contributed by atoms with Crippen LogP contribution in [0.5, 0.6) is 0 Å². The molecule has 1 fully saturated rings. The van der Waals surface area contributed by atoms with Gasteiger partial charge >= 0.3 is 81.5 Å². The Morgan fingerprint density at radius 3 is 2.28 bits per heavy atom. The molecule has 22 heteroatoms. The van der Waals surface area contributed by atoms with Gasteiger partial charge in [0.15, 0.2) is 0 Å². The first-order chi connectivity index (χ1) is 19.2. The Kier molecular flexibility index (Phi) is 14.8. The summed E-state index contributed by atoms with van der Waals surface area (Å²) in [5.74, 6) is -4.57. The zero-order valence-corrected chi connectivity index (χ0v) is 28.3. The van der Waals surface area contributed by atoms with Gasteiger partial charge in [0, 0.05) is 11.3 Å². The number of carboxylic acid groups (broad SMARTS) is 2. The Labute approximate surface area is 292 Å². The third kappa shape index (κ3) is 10.5. The number of fused-ring (bicyclic) bond motifs is 1. The van der Waals surface area contributed by atoms with Crippen molar-refractivity contribution in [3.63, 3.8) is 0 Å². The Hall–Kier alpha value is -2.56. The summed E-state index contributed by atoms with van der Waals surface area (Å²) in [5.41, 5.74) is 10.1. The predicted octanol–water partition coefficient (Wildman–Crippen LogP) is -10.8. The van der Waals surface area contributed by atoms with E-state index in [4.69, 9.17) is 11.5 Å². The summed E-state index contributed by atoms with van der Waals surface area (Å²) in [6.07, 6.45) is -2.83. The molecule has 2 aliphatic heterocycles. The number of benzene rings is 1. The molecule has 1 saturated heterocycles. The second kappa shape index (κ2) is 16.5. The summed E-state index contributed by atoms with van der Waals surface area (Å²) >= 11 is 1.14. The van der Waals surface area contributed by atoms with E-state index in [1.54, 1.807) is 0 Å². The Bertz CT molecular complexity index is 1410.